The van der Waals surface area contributed by atoms with E-state index in [1.54, 1.807) is 11.9 Å². The van der Waals surface area contributed by atoms with Crippen LogP contribution in [0.2, 0.25) is 0 Å². The number of ketones is 1. The lowest BCUT2D eigenvalue weighted by molar-refractivity contribution is 0.0936. The molecule has 0 saturated heterocycles. The summed E-state index contributed by atoms with van der Waals surface area (Å²) in [5, 5.41) is 0. The van der Waals surface area contributed by atoms with Crippen molar-refractivity contribution in [3.63, 3.8) is 0 Å². The zero-order valence-corrected chi connectivity index (χ0v) is 19.5. The SMILES string of the molecule is Cc1cc(C)cc(OCCN(C)CC(=O)c2c(N)n(Cc3ccccc3)c(=O)n(C)c2=O)c1. The van der Waals surface area contributed by atoms with Gasteiger partial charge < -0.3 is 10.5 Å². The van der Waals surface area contributed by atoms with E-state index >= 15 is 0 Å². The molecule has 3 aromatic rings. The van der Waals surface area contributed by atoms with E-state index in [-0.39, 0.29) is 24.5 Å². The Bertz CT molecular complexity index is 1240. The van der Waals surface area contributed by atoms with Gasteiger partial charge >= 0.3 is 5.69 Å². The number of benzene rings is 2. The first-order chi connectivity index (χ1) is 15.7. The molecule has 0 aliphatic rings. The molecule has 0 aliphatic carbocycles. The highest BCUT2D eigenvalue weighted by Gasteiger charge is 2.22. The molecule has 8 heteroatoms. The molecule has 2 aromatic carbocycles. The van der Waals surface area contributed by atoms with E-state index in [0.29, 0.717) is 13.2 Å². The van der Waals surface area contributed by atoms with Crippen LogP contribution in [-0.2, 0) is 13.6 Å². The van der Waals surface area contributed by atoms with Crippen molar-refractivity contribution < 1.29 is 9.53 Å². The molecule has 8 nitrogen and oxygen atoms in total. The molecule has 0 bridgehead atoms. The predicted molar refractivity (Wildman–Crippen MR) is 129 cm³/mol. The van der Waals surface area contributed by atoms with Crippen molar-refractivity contribution in [1.82, 2.24) is 14.0 Å². The predicted octanol–water partition coefficient (Wildman–Crippen LogP) is 1.99. The van der Waals surface area contributed by atoms with Gasteiger partial charge in [0.2, 0.25) is 0 Å². The molecule has 0 unspecified atom stereocenters. The topological polar surface area (TPSA) is 99.6 Å². The molecule has 0 aliphatic heterocycles. The first-order valence-corrected chi connectivity index (χ1v) is 10.7. The van der Waals surface area contributed by atoms with Gasteiger partial charge in [-0.05, 0) is 49.7 Å². The molecule has 0 radical (unpaired) electrons. The van der Waals surface area contributed by atoms with E-state index in [1.165, 1.54) is 11.6 Å². The third-order valence-corrected chi connectivity index (χ3v) is 5.40. The third kappa shape index (κ3) is 5.78. The summed E-state index contributed by atoms with van der Waals surface area (Å²) in [5.41, 5.74) is 7.82. The number of nitrogens with zero attached hydrogens (tertiary/aromatic N) is 3. The second-order valence-corrected chi connectivity index (χ2v) is 8.31. The number of ether oxygens (including phenoxy) is 1. The molecule has 0 spiro atoms. The fourth-order valence-corrected chi connectivity index (χ4v) is 3.70. The minimum Gasteiger partial charge on any atom is -0.492 e. The van der Waals surface area contributed by atoms with Crippen LogP contribution in [0, 0.1) is 13.8 Å². The Morgan fingerprint density at radius 3 is 2.33 bits per heavy atom. The maximum Gasteiger partial charge on any atom is 0.332 e. The van der Waals surface area contributed by atoms with Crippen LogP contribution in [0.15, 0.2) is 58.1 Å². The number of aryl methyl sites for hydroxylation is 2. The second kappa shape index (κ2) is 10.3. The molecule has 0 amide bonds. The number of anilines is 1. The minimum atomic E-state index is -0.688. The maximum atomic E-state index is 13.0. The fourth-order valence-electron chi connectivity index (χ4n) is 3.70. The van der Waals surface area contributed by atoms with Crippen LogP contribution < -0.4 is 21.7 Å². The van der Waals surface area contributed by atoms with E-state index < -0.39 is 17.0 Å². The Hall–Kier alpha value is -3.65. The normalized spacial score (nSPS) is 11.1. The monoisotopic (exact) mass is 450 g/mol. The lowest BCUT2D eigenvalue weighted by Gasteiger charge is -2.18. The van der Waals surface area contributed by atoms with Crippen molar-refractivity contribution in [2.45, 2.75) is 20.4 Å². The van der Waals surface area contributed by atoms with Crippen LogP contribution >= 0.6 is 0 Å². The van der Waals surface area contributed by atoms with Gasteiger partial charge in [0.15, 0.2) is 5.78 Å². The summed E-state index contributed by atoms with van der Waals surface area (Å²) in [5.74, 6) is 0.221. The van der Waals surface area contributed by atoms with Gasteiger partial charge in [-0.25, -0.2) is 4.79 Å². The number of carbonyl (C=O) groups is 1. The molecule has 33 heavy (non-hydrogen) atoms. The maximum absolute atomic E-state index is 13.0. The molecule has 0 fully saturated rings. The van der Waals surface area contributed by atoms with Crippen LogP contribution in [0.3, 0.4) is 0 Å². The van der Waals surface area contributed by atoms with Crippen LogP contribution in [0.5, 0.6) is 5.75 Å². The number of carbonyl (C=O) groups excluding carboxylic acids is 1. The summed E-state index contributed by atoms with van der Waals surface area (Å²) < 4.78 is 7.99. The molecule has 1 aromatic heterocycles. The van der Waals surface area contributed by atoms with Crippen molar-refractivity contribution in [1.29, 1.82) is 0 Å². The third-order valence-electron chi connectivity index (χ3n) is 5.40. The van der Waals surface area contributed by atoms with Gasteiger partial charge in [0, 0.05) is 13.6 Å². The number of nitrogens with two attached hydrogens (primary N) is 1. The second-order valence-electron chi connectivity index (χ2n) is 8.31. The zero-order chi connectivity index (χ0) is 24.1. The summed E-state index contributed by atoms with van der Waals surface area (Å²) in [7, 11) is 3.12. The Labute approximate surface area is 192 Å². The largest absolute Gasteiger partial charge is 0.492 e. The number of aromatic nitrogens is 2. The number of hydrogen-bond acceptors (Lipinski definition) is 6. The Morgan fingerprint density at radius 2 is 1.70 bits per heavy atom. The van der Waals surface area contributed by atoms with E-state index in [0.717, 1.165) is 27.0 Å². The van der Waals surface area contributed by atoms with Gasteiger partial charge in [-0.2, -0.15) is 0 Å². The lowest BCUT2D eigenvalue weighted by atomic mass is 10.1. The molecule has 174 valence electrons. The van der Waals surface area contributed by atoms with Crippen molar-refractivity contribution in [2.24, 2.45) is 7.05 Å². The van der Waals surface area contributed by atoms with E-state index in [1.807, 2.05) is 56.3 Å². The van der Waals surface area contributed by atoms with Crippen molar-refractivity contribution in [3.05, 3.63) is 91.6 Å². The number of rotatable bonds is 9. The minimum absolute atomic E-state index is 0.0286. The smallest absolute Gasteiger partial charge is 0.332 e. The molecule has 0 saturated carbocycles. The van der Waals surface area contributed by atoms with Crippen molar-refractivity contribution in [3.8, 4) is 5.75 Å². The highest BCUT2D eigenvalue weighted by Crippen LogP contribution is 2.16. The summed E-state index contributed by atoms with van der Waals surface area (Å²) in [4.78, 5) is 40.1. The standard InChI is InChI=1S/C25H30N4O4/c1-17-12-18(2)14-20(13-17)33-11-10-27(3)16-21(30)22-23(26)29(25(32)28(4)24(22)31)15-19-8-6-5-7-9-19/h5-9,12-14H,10-11,15-16,26H2,1-4H3. The Kier molecular flexibility index (Phi) is 7.50. The molecule has 2 N–H and O–H groups in total. The van der Waals surface area contributed by atoms with E-state index in [2.05, 4.69) is 6.07 Å². The fraction of sp³-hybridized carbons (Fsp3) is 0.320. The Balaban J connectivity index is 1.73. The van der Waals surface area contributed by atoms with E-state index in [4.69, 9.17) is 10.5 Å². The molecular weight excluding hydrogens is 420 g/mol. The van der Waals surface area contributed by atoms with Gasteiger partial charge in [-0.1, -0.05) is 36.4 Å². The van der Waals surface area contributed by atoms with Gasteiger partial charge in [0.05, 0.1) is 13.1 Å². The van der Waals surface area contributed by atoms with E-state index in [9.17, 15) is 14.4 Å². The Morgan fingerprint density at radius 1 is 1.06 bits per heavy atom. The average Bonchev–Trinajstić information content (AvgIpc) is 2.75. The van der Waals surface area contributed by atoms with Gasteiger partial charge in [0.25, 0.3) is 5.56 Å². The van der Waals surface area contributed by atoms with Crippen LogP contribution in [0.1, 0.15) is 27.0 Å². The lowest BCUT2D eigenvalue weighted by Crippen LogP contribution is -2.44. The van der Waals surface area contributed by atoms with Gasteiger partial charge in [-0.3, -0.25) is 23.6 Å². The van der Waals surface area contributed by atoms with Crippen molar-refractivity contribution >= 4 is 11.6 Å². The molecular formula is C25H30N4O4. The summed E-state index contributed by atoms with van der Waals surface area (Å²) >= 11 is 0. The number of nitrogen functional groups attached to an aromatic ring is 1. The van der Waals surface area contributed by atoms with Crippen LogP contribution in [0.25, 0.3) is 0 Å². The van der Waals surface area contributed by atoms with Gasteiger partial charge in [0.1, 0.15) is 23.7 Å². The summed E-state index contributed by atoms with van der Waals surface area (Å²) in [6.45, 7) is 5.01. The summed E-state index contributed by atoms with van der Waals surface area (Å²) in [6.07, 6.45) is 0. The average molecular weight is 451 g/mol. The first kappa shape index (κ1) is 24.0. The number of Topliss-reactive ketones (excluding diaryl/α,β-unsaturated/α-hetero) is 1. The van der Waals surface area contributed by atoms with Crippen LogP contribution in [0.4, 0.5) is 5.82 Å². The molecule has 0 atom stereocenters. The quantitative estimate of drug-likeness (QED) is 0.501. The number of hydrogen-bond donors (Lipinski definition) is 1. The van der Waals surface area contributed by atoms with Crippen LogP contribution in [-0.4, -0.2) is 46.6 Å². The first-order valence-electron chi connectivity index (χ1n) is 10.7. The molecule has 1 heterocycles. The van der Waals surface area contributed by atoms with Gasteiger partial charge in [-0.15, -0.1) is 0 Å². The highest BCUT2D eigenvalue weighted by molar-refractivity contribution is 6.01. The highest BCUT2D eigenvalue weighted by atomic mass is 16.5. The molecule has 3 rings (SSSR count). The zero-order valence-electron chi connectivity index (χ0n) is 19.5. The van der Waals surface area contributed by atoms with Crippen molar-refractivity contribution in [2.75, 3.05) is 32.5 Å². The number of likely N-dealkylation sites (N-methyl/N-ethyl adjacent to an activating group) is 1. The summed E-state index contributed by atoms with van der Waals surface area (Å²) in [6, 6.07) is 15.2.